The molecule has 5 heteroatoms. The van der Waals surface area contributed by atoms with Crippen molar-refractivity contribution in [1.82, 2.24) is 0 Å². The zero-order valence-corrected chi connectivity index (χ0v) is 12.5. The molecule has 0 radical (unpaired) electrons. The first kappa shape index (κ1) is 13.9. The van der Waals surface area contributed by atoms with Crippen LogP contribution < -0.4 is 4.90 Å². The molecular formula is C16H11BrFNO2. The Bertz CT molecular complexity index is 717. The molecule has 0 aromatic heterocycles. The lowest BCUT2D eigenvalue weighted by Crippen LogP contribution is -2.30. The first-order valence-corrected chi connectivity index (χ1v) is 7.24. The summed E-state index contributed by atoms with van der Waals surface area (Å²) in [5.74, 6) is -1.64. The number of hydrogen-bond acceptors (Lipinski definition) is 2. The molecular weight excluding hydrogens is 337 g/mol. The summed E-state index contributed by atoms with van der Waals surface area (Å²) in [4.78, 5) is 25.8. The Morgan fingerprint density at radius 2 is 1.81 bits per heavy atom. The molecule has 1 atom stereocenters. The molecule has 1 unspecified atom stereocenters. The minimum absolute atomic E-state index is 0.103. The van der Waals surface area contributed by atoms with Crippen LogP contribution in [0.25, 0.3) is 0 Å². The van der Waals surface area contributed by atoms with Crippen LogP contribution in [0.5, 0.6) is 0 Å². The van der Waals surface area contributed by atoms with E-state index in [-0.39, 0.29) is 23.9 Å². The lowest BCUT2D eigenvalue weighted by atomic mass is 9.98. The molecule has 2 amide bonds. The van der Waals surface area contributed by atoms with Gasteiger partial charge < -0.3 is 0 Å². The molecule has 0 aliphatic carbocycles. The molecule has 0 bridgehead atoms. The number of halogens is 2. The molecule has 106 valence electrons. The van der Waals surface area contributed by atoms with Crippen LogP contribution in [0, 0.1) is 5.82 Å². The van der Waals surface area contributed by atoms with Crippen molar-refractivity contribution in [2.24, 2.45) is 0 Å². The van der Waals surface area contributed by atoms with Crippen molar-refractivity contribution >= 4 is 33.4 Å². The molecule has 1 aliphatic heterocycles. The number of anilines is 1. The number of amides is 2. The van der Waals surface area contributed by atoms with Crippen molar-refractivity contribution in [2.75, 3.05) is 4.90 Å². The van der Waals surface area contributed by atoms with Gasteiger partial charge in [-0.3, -0.25) is 9.59 Å². The highest BCUT2D eigenvalue weighted by Gasteiger charge is 2.41. The molecule has 2 aromatic carbocycles. The van der Waals surface area contributed by atoms with Gasteiger partial charge in [0.2, 0.25) is 11.8 Å². The van der Waals surface area contributed by atoms with Crippen LogP contribution >= 0.6 is 15.9 Å². The van der Waals surface area contributed by atoms with Crippen molar-refractivity contribution in [3.8, 4) is 0 Å². The minimum atomic E-state index is -0.506. The van der Waals surface area contributed by atoms with Crippen molar-refractivity contribution in [2.45, 2.75) is 12.3 Å². The highest BCUT2D eigenvalue weighted by molar-refractivity contribution is 9.10. The van der Waals surface area contributed by atoms with Crippen LogP contribution in [0.4, 0.5) is 10.1 Å². The molecule has 0 N–H and O–H groups in total. The van der Waals surface area contributed by atoms with Crippen LogP contribution in [-0.2, 0) is 9.59 Å². The highest BCUT2D eigenvalue weighted by Crippen LogP contribution is 2.36. The molecule has 0 saturated carbocycles. The predicted molar refractivity (Wildman–Crippen MR) is 80.4 cm³/mol. The van der Waals surface area contributed by atoms with Gasteiger partial charge in [-0.1, -0.05) is 30.3 Å². The van der Waals surface area contributed by atoms with Gasteiger partial charge in [-0.25, -0.2) is 9.29 Å². The molecule has 1 aliphatic rings. The van der Waals surface area contributed by atoms with E-state index in [0.29, 0.717) is 4.47 Å². The first-order valence-electron chi connectivity index (χ1n) is 6.44. The zero-order valence-electron chi connectivity index (χ0n) is 10.9. The van der Waals surface area contributed by atoms with Gasteiger partial charge in [0.1, 0.15) is 5.82 Å². The third-order valence-corrected chi connectivity index (χ3v) is 4.17. The third-order valence-electron chi connectivity index (χ3n) is 3.50. The van der Waals surface area contributed by atoms with Crippen molar-refractivity contribution < 1.29 is 14.0 Å². The Morgan fingerprint density at radius 1 is 1.10 bits per heavy atom. The second kappa shape index (κ2) is 5.41. The summed E-state index contributed by atoms with van der Waals surface area (Å²) in [6.07, 6.45) is 0.103. The summed E-state index contributed by atoms with van der Waals surface area (Å²) in [7, 11) is 0. The van der Waals surface area contributed by atoms with Gasteiger partial charge in [0.05, 0.1) is 11.6 Å². The van der Waals surface area contributed by atoms with Gasteiger partial charge in [-0.05, 0) is 39.7 Å². The van der Waals surface area contributed by atoms with E-state index in [1.807, 2.05) is 30.3 Å². The van der Waals surface area contributed by atoms with Gasteiger partial charge >= 0.3 is 0 Å². The minimum Gasteiger partial charge on any atom is -0.274 e. The normalized spacial score (nSPS) is 18.4. The fourth-order valence-corrected chi connectivity index (χ4v) is 2.91. The maximum absolute atomic E-state index is 13.4. The lowest BCUT2D eigenvalue weighted by Gasteiger charge is -2.17. The average Bonchev–Trinajstić information content (AvgIpc) is 2.78. The van der Waals surface area contributed by atoms with Crippen LogP contribution in [0.2, 0.25) is 0 Å². The molecule has 3 nitrogen and oxygen atoms in total. The van der Waals surface area contributed by atoms with Gasteiger partial charge in [-0.2, -0.15) is 0 Å². The second-order valence-corrected chi connectivity index (χ2v) is 5.68. The van der Waals surface area contributed by atoms with E-state index in [0.717, 1.165) is 10.5 Å². The van der Waals surface area contributed by atoms with Crippen LogP contribution in [-0.4, -0.2) is 11.8 Å². The van der Waals surface area contributed by atoms with E-state index >= 15 is 0 Å². The number of hydrogen-bond donors (Lipinski definition) is 0. The van der Waals surface area contributed by atoms with Crippen LogP contribution in [0.15, 0.2) is 53.0 Å². The fraction of sp³-hybridized carbons (Fsp3) is 0.125. The number of nitrogens with zero attached hydrogens (tertiary/aromatic N) is 1. The number of rotatable bonds is 2. The van der Waals surface area contributed by atoms with Gasteiger partial charge in [0.25, 0.3) is 0 Å². The number of imide groups is 1. The molecule has 2 aromatic rings. The number of benzene rings is 2. The summed E-state index contributed by atoms with van der Waals surface area (Å²) >= 11 is 3.26. The first-order chi connectivity index (χ1) is 10.1. The van der Waals surface area contributed by atoms with E-state index in [1.165, 1.54) is 18.2 Å². The summed E-state index contributed by atoms with van der Waals surface area (Å²) in [6, 6.07) is 13.1. The monoisotopic (exact) mass is 347 g/mol. The fourth-order valence-electron chi connectivity index (χ4n) is 2.49. The largest absolute Gasteiger partial charge is 0.274 e. The van der Waals surface area contributed by atoms with Crippen molar-refractivity contribution in [3.05, 3.63) is 64.4 Å². The standard InChI is InChI=1S/C16H11BrFNO2/c17-13-7-6-11(18)8-14(13)19-15(20)9-12(16(19)21)10-4-2-1-3-5-10/h1-8,12H,9H2. The quantitative estimate of drug-likeness (QED) is 0.778. The lowest BCUT2D eigenvalue weighted by molar-refractivity contribution is -0.121. The van der Waals surface area contributed by atoms with Crippen molar-refractivity contribution in [3.63, 3.8) is 0 Å². The molecule has 0 spiro atoms. The third kappa shape index (κ3) is 2.49. The Kier molecular flexibility index (Phi) is 3.59. The van der Waals surface area contributed by atoms with Crippen LogP contribution in [0.3, 0.4) is 0 Å². The Balaban J connectivity index is 2.00. The topological polar surface area (TPSA) is 37.4 Å². The molecule has 1 fully saturated rings. The van der Waals surface area contributed by atoms with Gasteiger partial charge in [0.15, 0.2) is 0 Å². The summed E-state index contributed by atoms with van der Waals surface area (Å²) in [5, 5.41) is 0. The number of carbonyl (C=O) groups is 2. The van der Waals surface area contributed by atoms with E-state index in [4.69, 9.17) is 0 Å². The SMILES string of the molecule is O=C1CC(c2ccccc2)C(=O)N1c1cc(F)ccc1Br. The zero-order chi connectivity index (χ0) is 15.0. The predicted octanol–water partition coefficient (Wildman–Crippen LogP) is 3.64. The Hall–Kier alpha value is -2.01. The molecule has 21 heavy (non-hydrogen) atoms. The number of carbonyl (C=O) groups excluding carboxylic acids is 2. The van der Waals surface area contributed by atoms with Crippen molar-refractivity contribution in [1.29, 1.82) is 0 Å². The van der Waals surface area contributed by atoms with E-state index < -0.39 is 11.7 Å². The average molecular weight is 348 g/mol. The maximum atomic E-state index is 13.4. The highest BCUT2D eigenvalue weighted by atomic mass is 79.9. The van der Waals surface area contributed by atoms with E-state index in [9.17, 15) is 14.0 Å². The molecule has 3 rings (SSSR count). The van der Waals surface area contributed by atoms with Gasteiger partial charge in [-0.15, -0.1) is 0 Å². The Morgan fingerprint density at radius 3 is 2.52 bits per heavy atom. The summed E-state index contributed by atoms with van der Waals surface area (Å²) in [6.45, 7) is 0. The second-order valence-electron chi connectivity index (χ2n) is 4.83. The molecule has 1 saturated heterocycles. The van der Waals surface area contributed by atoms with Gasteiger partial charge in [0, 0.05) is 10.9 Å². The maximum Gasteiger partial charge on any atom is 0.241 e. The Labute approximate surface area is 129 Å². The van der Waals surface area contributed by atoms with Crippen LogP contribution in [0.1, 0.15) is 17.9 Å². The summed E-state index contributed by atoms with van der Waals surface area (Å²) in [5.41, 5.74) is 1.05. The van der Waals surface area contributed by atoms with E-state index in [1.54, 1.807) is 0 Å². The van der Waals surface area contributed by atoms with E-state index in [2.05, 4.69) is 15.9 Å². The summed E-state index contributed by atoms with van der Waals surface area (Å²) < 4.78 is 13.9. The smallest absolute Gasteiger partial charge is 0.241 e. The molecule has 1 heterocycles.